The van der Waals surface area contributed by atoms with Crippen molar-refractivity contribution >= 4 is 5.91 Å². The number of aromatic nitrogens is 1. The second-order valence-corrected chi connectivity index (χ2v) is 3.61. The van der Waals surface area contributed by atoms with Crippen LogP contribution in [-0.2, 0) is 9.47 Å². The van der Waals surface area contributed by atoms with Gasteiger partial charge >= 0.3 is 0 Å². The summed E-state index contributed by atoms with van der Waals surface area (Å²) in [5.41, 5.74) is 0.386. The number of nitrogens with zero attached hydrogens (tertiary/aromatic N) is 1. The van der Waals surface area contributed by atoms with Crippen LogP contribution in [0, 0.1) is 0 Å². The molecule has 0 saturated heterocycles. The van der Waals surface area contributed by atoms with Crippen LogP contribution in [0.15, 0.2) is 18.3 Å². The van der Waals surface area contributed by atoms with Crippen molar-refractivity contribution in [3.63, 3.8) is 0 Å². The number of amides is 1. The number of ether oxygens (including phenoxy) is 3. The van der Waals surface area contributed by atoms with Gasteiger partial charge in [0.15, 0.2) is 6.29 Å². The molecule has 1 N–H and O–H groups in total. The van der Waals surface area contributed by atoms with Crippen LogP contribution in [0.3, 0.4) is 0 Å². The summed E-state index contributed by atoms with van der Waals surface area (Å²) < 4.78 is 15.7. The van der Waals surface area contributed by atoms with E-state index in [9.17, 15) is 4.79 Å². The first-order valence-corrected chi connectivity index (χ1v) is 6.23. The van der Waals surface area contributed by atoms with Gasteiger partial charge in [-0.1, -0.05) is 0 Å². The highest BCUT2D eigenvalue weighted by Gasteiger charge is 2.15. The molecule has 106 valence electrons. The molecule has 0 aliphatic heterocycles. The lowest BCUT2D eigenvalue weighted by atomic mass is 10.2. The van der Waals surface area contributed by atoms with Crippen molar-refractivity contribution in [1.29, 1.82) is 0 Å². The quantitative estimate of drug-likeness (QED) is 0.718. The van der Waals surface area contributed by atoms with E-state index in [2.05, 4.69) is 10.3 Å². The molecule has 0 saturated carbocycles. The average molecular weight is 268 g/mol. The molecule has 0 aliphatic carbocycles. The van der Waals surface area contributed by atoms with Crippen LogP contribution >= 0.6 is 0 Å². The van der Waals surface area contributed by atoms with Crippen molar-refractivity contribution in [3.8, 4) is 5.88 Å². The zero-order chi connectivity index (χ0) is 14.1. The highest BCUT2D eigenvalue weighted by atomic mass is 16.7. The summed E-state index contributed by atoms with van der Waals surface area (Å²) >= 11 is 0. The van der Waals surface area contributed by atoms with Crippen LogP contribution in [-0.4, -0.2) is 44.0 Å². The van der Waals surface area contributed by atoms with Crippen LogP contribution < -0.4 is 10.1 Å². The Labute approximate surface area is 113 Å². The minimum absolute atomic E-state index is 0.269. The number of hydrogen-bond donors (Lipinski definition) is 1. The SMILES string of the molecule is CCOC(CNC(=O)c1cccnc1OC)OCC. The number of carbonyl (C=O) groups excluding carboxylic acids is 1. The maximum absolute atomic E-state index is 12.0. The second kappa shape index (κ2) is 8.44. The van der Waals surface area contributed by atoms with Gasteiger partial charge in [-0.3, -0.25) is 4.79 Å². The van der Waals surface area contributed by atoms with Gasteiger partial charge in [-0.2, -0.15) is 0 Å². The summed E-state index contributed by atoms with van der Waals surface area (Å²) in [6.07, 6.45) is 1.13. The maximum Gasteiger partial charge on any atom is 0.256 e. The standard InChI is InChI=1S/C13H20N2O4/c1-4-18-11(19-5-2)9-15-12(16)10-7-6-8-14-13(10)17-3/h6-8,11H,4-5,9H2,1-3H3,(H,15,16). The van der Waals surface area contributed by atoms with Gasteiger partial charge < -0.3 is 19.5 Å². The fourth-order valence-electron chi connectivity index (χ4n) is 1.54. The minimum atomic E-state index is -0.443. The van der Waals surface area contributed by atoms with Gasteiger partial charge in [-0.25, -0.2) is 4.98 Å². The Balaban J connectivity index is 2.58. The molecule has 0 atom stereocenters. The lowest BCUT2D eigenvalue weighted by Gasteiger charge is -2.17. The molecular formula is C13H20N2O4. The predicted molar refractivity (Wildman–Crippen MR) is 70.2 cm³/mol. The van der Waals surface area contributed by atoms with Crippen molar-refractivity contribution in [2.45, 2.75) is 20.1 Å². The Morgan fingerprint density at radius 2 is 2.05 bits per heavy atom. The molecular weight excluding hydrogens is 248 g/mol. The highest BCUT2D eigenvalue weighted by Crippen LogP contribution is 2.13. The summed E-state index contributed by atoms with van der Waals surface area (Å²) in [6.45, 7) is 5.07. The maximum atomic E-state index is 12.0. The Morgan fingerprint density at radius 1 is 1.37 bits per heavy atom. The van der Waals surface area contributed by atoms with Crippen molar-refractivity contribution in [2.24, 2.45) is 0 Å². The molecule has 1 rings (SSSR count). The Morgan fingerprint density at radius 3 is 2.63 bits per heavy atom. The Kier molecular flexibility index (Phi) is 6.84. The van der Waals surface area contributed by atoms with Gasteiger partial charge in [-0.05, 0) is 26.0 Å². The third-order valence-corrected chi connectivity index (χ3v) is 2.34. The summed E-state index contributed by atoms with van der Waals surface area (Å²) in [4.78, 5) is 16.0. The fourth-order valence-corrected chi connectivity index (χ4v) is 1.54. The third kappa shape index (κ3) is 4.84. The number of rotatable bonds is 8. The summed E-state index contributed by atoms with van der Waals surface area (Å²) in [5.74, 6) is 0.0266. The first kappa shape index (κ1) is 15.4. The van der Waals surface area contributed by atoms with Crippen LogP contribution in [0.5, 0.6) is 5.88 Å². The molecule has 0 unspecified atom stereocenters. The van der Waals surface area contributed by atoms with Crippen LogP contribution in [0.1, 0.15) is 24.2 Å². The molecule has 19 heavy (non-hydrogen) atoms. The molecule has 0 aromatic carbocycles. The largest absolute Gasteiger partial charge is 0.480 e. The van der Waals surface area contributed by atoms with E-state index in [4.69, 9.17) is 14.2 Å². The molecule has 1 aromatic rings. The van der Waals surface area contributed by atoms with Crippen molar-refractivity contribution in [1.82, 2.24) is 10.3 Å². The highest BCUT2D eigenvalue weighted by molar-refractivity contribution is 5.96. The third-order valence-electron chi connectivity index (χ3n) is 2.34. The molecule has 1 heterocycles. The van der Waals surface area contributed by atoms with E-state index in [0.717, 1.165) is 0 Å². The van der Waals surface area contributed by atoms with E-state index in [0.29, 0.717) is 24.7 Å². The van der Waals surface area contributed by atoms with Crippen molar-refractivity contribution in [3.05, 3.63) is 23.9 Å². The van der Waals surface area contributed by atoms with E-state index in [1.807, 2.05) is 13.8 Å². The van der Waals surface area contributed by atoms with E-state index >= 15 is 0 Å². The lowest BCUT2D eigenvalue weighted by Crippen LogP contribution is -2.35. The van der Waals surface area contributed by atoms with Crippen LogP contribution in [0.2, 0.25) is 0 Å². The number of hydrogen-bond acceptors (Lipinski definition) is 5. The molecule has 1 amide bonds. The minimum Gasteiger partial charge on any atom is -0.480 e. The Bertz CT molecular complexity index is 392. The number of nitrogens with one attached hydrogen (secondary N) is 1. The zero-order valence-electron chi connectivity index (χ0n) is 11.5. The van der Waals surface area contributed by atoms with E-state index in [1.54, 1.807) is 18.3 Å². The van der Waals surface area contributed by atoms with Gasteiger partial charge in [0.1, 0.15) is 5.56 Å². The molecule has 0 spiro atoms. The van der Waals surface area contributed by atoms with Crippen molar-refractivity contribution in [2.75, 3.05) is 26.9 Å². The molecule has 0 fully saturated rings. The zero-order valence-corrected chi connectivity index (χ0v) is 11.5. The van der Waals surface area contributed by atoms with E-state index in [-0.39, 0.29) is 12.5 Å². The van der Waals surface area contributed by atoms with E-state index < -0.39 is 6.29 Å². The molecule has 0 bridgehead atoms. The van der Waals surface area contributed by atoms with E-state index in [1.165, 1.54) is 7.11 Å². The number of pyridine rings is 1. The first-order valence-electron chi connectivity index (χ1n) is 6.23. The first-order chi connectivity index (χ1) is 9.22. The van der Waals surface area contributed by atoms with Gasteiger partial charge in [0, 0.05) is 19.4 Å². The smallest absolute Gasteiger partial charge is 0.256 e. The monoisotopic (exact) mass is 268 g/mol. The molecule has 6 nitrogen and oxygen atoms in total. The topological polar surface area (TPSA) is 69.7 Å². The normalized spacial score (nSPS) is 10.5. The summed E-state index contributed by atoms with van der Waals surface area (Å²) in [6, 6.07) is 3.33. The second-order valence-electron chi connectivity index (χ2n) is 3.61. The number of methoxy groups -OCH3 is 1. The molecule has 0 aliphatic rings. The number of carbonyl (C=O) groups is 1. The predicted octanol–water partition coefficient (Wildman–Crippen LogP) is 1.22. The van der Waals surface area contributed by atoms with Crippen LogP contribution in [0.4, 0.5) is 0 Å². The summed E-state index contributed by atoms with van der Waals surface area (Å²) in [5, 5.41) is 2.73. The summed E-state index contributed by atoms with van der Waals surface area (Å²) in [7, 11) is 1.47. The van der Waals surface area contributed by atoms with Crippen LogP contribution in [0.25, 0.3) is 0 Å². The van der Waals surface area contributed by atoms with Crippen molar-refractivity contribution < 1.29 is 19.0 Å². The lowest BCUT2D eigenvalue weighted by molar-refractivity contribution is -0.131. The fraction of sp³-hybridized carbons (Fsp3) is 0.538. The van der Waals surface area contributed by atoms with Gasteiger partial charge in [0.25, 0.3) is 5.91 Å². The molecule has 6 heteroatoms. The van der Waals surface area contributed by atoms with Gasteiger partial charge in [0.05, 0.1) is 13.7 Å². The molecule has 0 radical (unpaired) electrons. The molecule has 1 aromatic heterocycles. The van der Waals surface area contributed by atoms with Gasteiger partial charge in [0.2, 0.25) is 5.88 Å². The average Bonchev–Trinajstić information content (AvgIpc) is 2.44. The van der Waals surface area contributed by atoms with Gasteiger partial charge in [-0.15, -0.1) is 0 Å². The Hall–Kier alpha value is -1.66.